The molecule has 7 heteroatoms. The first-order valence-corrected chi connectivity index (χ1v) is 9.83. The first-order chi connectivity index (χ1) is 12.7. The summed E-state index contributed by atoms with van der Waals surface area (Å²) in [6, 6.07) is 15.4. The molecule has 0 saturated carbocycles. The predicted molar refractivity (Wildman–Crippen MR) is 105 cm³/mol. The minimum atomic E-state index is 0.107. The number of oxazole rings is 1. The molecule has 1 saturated heterocycles. The van der Waals surface area contributed by atoms with Crippen molar-refractivity contribution in [1.82, 2.24) is 9.88 Å². The number of carbonyl (C=O) groups is 1. The molecule has 1 aromatic heterocycles. The van der Waals surface area contributed by atoms with Crippen LogP contribution in [0.25, 0.3) is 11.1 Å². The number of halogens is 1. The summed E-state index contributed by atoms with van der Waals surface area (Å²) in [6.45, 7) is 2.95. The summed E-state index contributed by atoms with van der Waals surface area (Å²) in [6.07, 6.45) is 0. The van der Waals surface area contributed by atoms with E-state index in [2.05, 4.69) is 9.88 Å². The van der Waals surface area contributed by atoms with Gasteiger partial charge in [-0.15, -0.1) is 0 Å². The van der Waals surface area contributed by atoms with Gasteiger partial charge in [-0.3, -0.25) is 4.79 Å². The van der Waals surface area contributed by atoms with Gasteiger partial charge in [-0.2, -0.15) is 0 Å². The molecular formula is C19H18ClN3O2S. The van der Waals surface area contributed by atoms with Crippen molar-refractivity contribution in [3.63, 3.8) is 0 Å². The average Bonchev–Trinajstić information content (AvgIpc) is 3.10. The van der Waals surface area contributed by atoms with Crippen LogP contribution in [-0.4, -0.2) is 47.7 Å². The van der Waals surface area contributed by atoms with Crippen molar-refractivity contribution in [2.45, 2.75) is 5.22 Å². The average molecular weight is 388 g/mol. The molecule has 1 aliphatic heterocycles. The third kappa shape index (κ3) is 3.66. The van der Waals surface area contributed by atoms with Crippen LogP contribution in [0, 0.1) is 0 Å². The van der Waals surface area contributed by atoms with E-state index in [9.17, 15) is 4.79 Å². The Balaban J connectivity index is 1.31. The molecule has 3 aromatic rings. The lowest BCUT2D eigenvalue weighted by Gasteiger charge is -2.36. The molecule has 134 valence electrons. The predicted octanol–water partition coefficient (Wildman–Crippen LogP) is 3.92. The van der Waals surface area contributed by atoms with E-state index in [-0.39, 0.29) is 5.91 Å². The summed E-state index contributed by atoms with van der Waals surface area (Å²) in [5.74, 6) is 0.440. The van der Waals surface area contributed by atoms with Gasteiger partial charge < -0.3 is 14.2 Å². The third-order valence-corrected chi connectivity index (χ3v) is 5.55. The number of fused-ring (bicyclic) bond motifs is 1. The number of para-hydroxylation sites is 3. The highest BCUT2D eigenvalue weighted by molar-refractivity contribution is 7.99. The second-order valence-corrected chi connectivity index (χ2v) is 7.39. The van der Waals surface area contributed by atoms with E-state index in [0.29, 0.717) is 24.1 Å². The van der Waals surface area contributed by atoms with Crippen LogP contribution in [-0.2, 0) is 4.79 Å². The molecule has 1 amide bonds. The maximum atomic E-state index is 12.5. The highest BCUT2D eigenvalue weighted by Crippen LogP contribution is 2.27. The number of hydrogen-bond acceptors (Lipinski definition) is 5. The molecule has 1 aliphatic rings. The van der Waals surface area contributed by atoms with Crippen molar-refractivity contribution < 1.29 is 9.21 Å². The summed E-state index contributed by atoms with van der Waals surface area (Å²) in [4.78, 5) is 21.0. The van der Waals surface area contributed by atoms with Crippen LogP contribution in [0.15, 0.2) is 58.2 Å². The number of rotatable bonds is 4. The zero-order chi connectivity index (χ0) is 17.9. The van der Waals surface area contributed by atoms with Gasteiger partial charge in [-0.05, 0) is 24.3 Å². The summed E-state index contributed by atoms with van der Waals surface area (Å²) in [5.41, 5.74) is 2.59. The van der Waals surface area contributed by atoms with Crippen LogP contribution in [0.3, 0.4) is 0 Å². The maximum Gasteiger partial charge on any atom is 0.257 e. The molecule has 0 atom stereocenters. The van der Waals surface area contributed by atoms with Gasteiger partial charge in [0.15, 0.2) is 5.58 Å². The monoisotopic (exact) mass is 387 g/mol. The van der Waals surface area contributed by atoms with Crippen molar-refractivity contribution in [3.05, 3.63) is 53.6 Å². The Morgan fingerprint density at radius 3 is 2.58 bits per heavy atom. The van der Waals surface area contributed by atoms with E-state index in [1.165, 1.54) is 11.8 Å². The van der Waals surface area contributed by atoms with Gasteiger partial charge in [0.25, 0.3) is 5.22 Å². The van der Waals surface area contributed by atoms with Gasteiger partial charge in [0.05, 0.1) is 16.5 Å². The number of thioether (sulfide) groups is 1. The van der Waals surface area contributed by atoms with Gasteiger partial charge in [0.2, 0.25) is 5.91 Å². The number of carbonyl (C=O) groups excluding carboxylic acids is 1. The van der Waals surface area contributed by atoms with Crippen molar-refractivity contribution >= 4 is 46.1 Å². The van der Waals surface area contributed by atoms with Crippen molar-refractivity contribution in [3.8, 4) is 0 Å². The lowest BCUT2D eigenvalue weighted by atomic mass is 10.2. The van der Waals surface area contributed by atoms with Gasteiger partial charge >= 0.3 is 0 Å². The standard InChI is InChI=1S/C19H18ClN3O2S/c20-14-5-1-3-7-16(14)22-9-11-23(12-10-22)18(24)13-26-19-21-15-6-2-4-8-17(15)25-19/h1-8H,9-13H2. The molecule has 0 spiro atoms. The fourth-order valence-electron chi connectivity index (χ4n) is 3.03. The van der Waals surface area contributed by atoms with Crippen LogP contribution >= 0.6 is 23.4 Å². The Labute approximate surface area is 160 Å². The zero-order valence-electron chi connectivity index (χ0n) is 14.1. The van der Waals surface area contributed by atoms with Gasteiger partial charge in [-0.25, -0.2) is 4.98 Å². The van der Waals surface area contributed by atoms with Gasteiger partial charge in [0.1, 0.15) is 5.52 Å². The molecule has 0 radical (unpaired) electrons. The van der Waals surface area contributed by atoms with Gasteiger partial charge in [-0.1, -0.05) is 47.6 Å². The molecule has 26 heavy (non-hydrogen) atoms. The van der Waals surface area contributed by atoms with E-state index >= 15 is 0 Å². The van der Waals surface area contributed by atoms with Gasteiger partial charge in [0, 0.05) is 26.2 Å². The Morgan fingerprint density at radius 2 is 1.81 bits per heavy atom. The fourth-order valence-corrected chi connectivity index (χ4v) is 4.03. The third-order valence-electron chi connectivity index (χ3n) is 4.42. The smallest absolute Gasteiger partial charge is 0.257 e. The highest BCUT2D eigenvalue weighted by atomic mass is 35.5. The minimum Gasteiger partial charge on any atom is -0.431 e. The van der Waals surface area contributed by atoms with Crippen molar-refractivity contribution in [1.29, 1.82) is 0 Å². The molecule has 0 bridgehead atoms. The lowest BCUT2D eigenvalue weighted by Crippen LogP contribution is -2.49. The minimum absolute atomic E-state index is 0.107. The Morgan fingerprint density at radius 1 is 1.08 bits per heavy atom. The Hall–Kier alpha value is -2.18. The van der Waals surface area contributed by atoms with Crippen LogP contribution < -0.4 is 4.90 Å². The summed E-state index contributed by atoms with van der Waals surface area (Å²) in [7, 11) is 0. The fraction of sp³-hybridized carbons (Fsp3) is 0.263. The van der Waals surface area contributed by atoms with Crippen molar-refractivity contribution in [2.24, 2.45) is 0 Å². The van der Waals surface area contributed by atoms with E-state index in [1.54, 1.807) is 0 Å². The molecule has 0 unspecified atom stereocenters. The molecule has 2 aromatic carbocycles. The lowest BCUT2D eigenvalue weighted by molar-refractivity contribution is -0.128. The molecule has 1 fully saturated rings. The second kappa shape index (κ2) is 7.60. The molecule has 0 N–H and O–H groups in total. The molecule has 0 aliphatic carbocycles. The number of aromatic nitrogens is 1. The normalized spacial score (nSPS) is 14.8. The quantitative estimate of drug-likeness (QED) is 0.635. The Kier molecular flexibility index (Phi) is 5.04. The zero-order valence-corrected chi connectivity index (χ0v) is 15.7. The molecule has 2 heterocycles. The number of amides is 1. The van der Waals surface area contributed by atoms with Crippen LogP contribution in [0.2, 0.25) is 5.02 Å². The summed E-state index contributed by atoms with van der Waals surface area (Å²) >= 11 is 7.61. The SMILES string of the molecule is O=C(CSc1nc2ccccc2o1)N1CCN(c2ccccc2Cl)CC1. The molecular weight excluding hydrogens is 370 g/mol. The number of piperazine rings is 1. The van der Waals surface area contributed by atoms with E-state index in [0.717, 1.165) is 34.9 Å². The number of hydrogen-bond donors (Lipinski definition) is 0. The largest absolute Gasteiger partial charge is 0.431 e. The van der Waals surface area contributed by atoms with Crippen LogP contribution in [0.5, 0.6) is 0 Å². The number of nitrogens with zero attached hydrogens (tertiary/aromatic N) is 3. The van der Waals surface area contributed by atoms with E-state index in [4.69, 9.17) is 16.0 Å². The maximum absolute atomic E-state index is 12.5. The Bertz CT molecular complexity index is 889. The second-order valence-electron chi connectivity index (χ2n) is 6.06. The summed E-state index contributed by atoms with van der Waals surface area (Å²) < 4.78 is 5.65. The highest BCUT2D eigenvalue weighted by Gasteiger charge is 2.22. The van der Waals surface area contributed by atoms with E-state index in [1.807, 2.05) is 53.4 Å². The first kappa shape index (κ1) is 17.2. The number of anilines is 1. The topological polar surface area (TPSA) is 49.6 Å². The summed E-state index contributed by atoms with van der Waals surface area (Å²) in [5, 5.41) is 1.29. The molecule has 4 rings (SSSR count). The first-order valence-electron chi connectivity index (χ1n) is 8.46. The van der Waals surface area contributed by atoms with Crippen LogP contribution in [0.4, 0.5) is 5.69 Å². The number of benzene rings is 2. The van der Waals surface area contributed by atoms with Crippen molar-refractivity contribution in [2.75, 3.05) is 36.8 Å². The van der Waals surface area contributed by atoms with E-state index < -0.39 is 0 Å². The van der Waals surface area contributed by atoms with Crippen LogP contribution in [0.1, 0.15) is 0 Å². The molecule has 5 nitrogen and oxygen atoms in total.